The van der Waals surface area contributed by atoms with Gasteiger partial charge in [-0.1, -0.05) is 74.1 Å². The van der Waals surface area contributed by atoms with E-state index in [2.05, 4.69) is 40.8 Å². The quantitative estimate of drug-likeness (QED) is 0.0345. The lowest BCUT2D eigenvalue weighted by atomic mass is 9.39. The zero-order chi connectivity index (χ0) is 61.1. The van der Waals surface area contributed by atoms with Gasteiger partial charge in [-0.2, -0.15) is 5.10 Å². The topological polar surface area (TPSA) is 248 Å². The predicted octanol–water partition coefficient (Wildman–Crippen LogP) is 10.9. The molecule has 6 aromatic rings. The van der Waals surface area contributed by atoms with Crippen molar-refractivity contribution >= 4 is 85.9 Å². The largest absolute Gasteiger partial charge is 0.476 e. The number of carbonyl (C=O) groups excluding carboxylic acids is 6. The van der Waals surface area contributed by atoms with Gasteiger partial charge < -0.3 is 30.1 Å². The first-order valence-electron chi connectivity index (χ1n) is 29.9. The molecule has 3 aromatic carbocycles. The summed E-state index contributed by atoms with van der Waals surface area (Å²) in [4.78, 5) is 102. The molecule has 12 rings (SSSR count). The Morgan fingerprint density at radius 2 is 1.66 bits per heavy atom. The Labute approximate surface area is 509 Å². The fourth-order valence-electron chi connectivity index (χ4n) is 14.9. The number of urea groups is 1. The number of pyridine rings is 1. The van der Waals surface area contributed by atoms with Crippen molar-refractivity contribution in [1.82, 2.24) is 34.9 Å². The van der Waals surface area contributed by atoms with Crippen molar-refractivity contribution in [3.8, 4) is 22.4 Å². The van der Waals surface area contributed by atoms with Gasteiger partial charge in [0.15, 0.2) is 10.8 Å². The van der Waals surface area contributed by atoms with Crippen LogP contribution in [0.15, 0.2) is 97.2 Å². The zero-order valence-electron chi connectivity index (χ0n) is 49.6. The van der Waals surface area contributed by atoms with Crippen molar-refractivity contribution in [2.24, 2.45) is 16.2 Å². The van der Waals surface area contributed by atoms with Gasteiger partial charge in [-0.3, -0.25) is 39.0 Å². The smallest absolute Gasteiger partial charge is 0.409 e. The van der Waals surface area contributed by atoms with Crippen LogP contribution in [-0.2, 0) is 41.6 Å². The number of hydrogen-bond donors (Lipinski definition) is 4. The van der Waals surface area contributed by atoms with Crippen molar-refractivity contribution < 1.29 is 48.1 Å². The van der Waals surface area contributed by atoms with Gasteiger partial charge in [0.05, 0.1) is 34.3 Å². The van der Waals surface area contributed by atoms with Crippen LogP contribution in [0, 0.1) is 29.2 Å². The van der Waals surface area contributed by atoms with Crippen molar-refractivity contribution in [2.45, 2.75) is 116 Å². The number of thiazole rings is 1. The first-order valence-corrected chi connectivity index (χ1v) is 30.7. The molecule has 0 spiro atoms. The number of aromatic carboxylic acids is 1. The highest BCUT2D eigenvalue weighted by atomic mass is 32.1. The molecule has 21 heteroatoms. The lowest BCUT2D eigenvalue weighted by Crippen LogP contribution is -2.64. The minimum absolute atomic E-state index is 0.0287. The van der Waals surface area contributed by atoms with Crippen LogP contribution < -0.4 is 20.9 Å². The summed E-state index contributed by atoms with van der Waals surface area (Å²) < 4.78 is 15.6. The van der Waals surface area contributed by atoms with Gasteiger partial charge in [-0.25, -0.2) is 24.4 Å². The SMILES string of the molecule is Cc1c(-c2ccc(-c3ccc4c(c3)N(C(=O)Nc3nc5ccccc5s3)CCC4)nc2C(=O)O)cnn1CC12CC3(C)CC(C)(C1)CC(OCCN(C)C(=O)OC/C=C/c1cc[c]c(NC(=O)CCNC(=O)CCCCCN4C(=O)C=CC4=O)c1)(C3)C2. The summed E-state index contributed by atoms with van der Waals surface area (Å²) in [5, 5.41) is 24.7. The molecule has 4 aliphatic carbocycles. The van der Waals surface area contributed by atoms with Crippen LogP contribution in [0.1, 0.15) is 118 Å². The van der Waals surface area contributed by atoms with Gasteiger partial charge in [-0.15, -0.1) is 0 Å². The molecule has 4 fully saturated rings. The summed E-state index contributed by atoms with van der Waals surface area (Å²) in [6.45, 7) is 9.14. The molecule has 7 amide bonds. The molecule has 2 aliphatic heterocycles. The molecule has 453 valence electrons. The second-order valence-corrected chi connectivity index (χ2v) is 26.0. The number of imide groups is 1. The second kappa shape index (κ2) is 25.0. The third kappa shape index (κ3) is 13.7. The number of aryl methyl sites for hydroxylation is 1. The Morgan fingerprint density at radius 3 is 2.44 bits per heavy atom. The number of amides is 7. The lowest BCUT2D eigenvalue weighted by Gasteiger charge is -2.69. The second-order valence-electron chi connectivity index (χ2n) is 25.0. The van der Waals surface area contributed by atoms with E-state index in [9.17, 15) is 38.7 Å². The number of fused-ring (bicyclic) bond motifs is 2. The Bertz CT molecular complexity index is 3670. The number of likely N-dealkylation sites (N-methyl/N-ethyl adjacent to an activating group) is 1. The maximum Gasteiger partial charge on any atom is 0.409 e. The van der Waals surface area contributed by atoms with Crippen LogP contribution in [-0.4, -0.2) is 128 Å². The monoisotopic (exact) mass is 1200 g/mol. The molecule has 6 aliphatic rings. The minimum atomic E-state index is -1.15. The molecular weight excluding hydrogens is 1120 g/mol. The van der Waals surface area contributed by atoms with E-state index in [-0.39, 0.29) is 83.2 Å². The number of para-hydroxylation sites is 1. The van der Waals surface area contributed by atoms with E-state index in [0.717, 1.165) is 84.1 Å². The molecule has 4 bridgehead atoms. The number of unbranched alkanes of at least 4 members (excludes halogenated alkanes) is 2. The van der Waals surface area contributed by atoms with Crippen molar-refractivity contribution in [2.75, 3.05) is 62.0 Å². The third-order valence-corrected chi connectivity index (χ3v) is 18.6. The number of nitrogens with zero attached hydrogens (tertiary/aromatic N) is 7. The van der Waals surface area contributed by atoms with Gasteiger partial charge in [0.1, 0.15) is 6.61 Å². The van der Waals surface area contributed by atoms with Crippen LogP contribution in [0.4, 0.5) is 26.1 Å². The van der Waals surface area contributed by atoms with Crippen LogP contribution in [0.5, 0.6) is 0 Å². The summed E-state index contributed by atoms with van der Waals surface area (Å²) in [6.07, 6.45) is 17.0. The molecule has 5 heterocycles. The fourth-order valence-corrected chi connectivity index (χ4v) is 15.8. The molecule has 3 aromatic heterocycles. The summed E-state index contributed by atoms with van der Waals surface area (Å²) in [6, 6.07) is 25.2. The van der Waals surface area contributed by atoms with E-state index in [0.29, 0.717) is 85.3 Å². The van der Waals surface area contributed by atoms with Crippen LogP contribution >= 0.6 is 11.3 Å². The van der Waals surface area contributed by atoms with Gasteiger partial charge in [0.25, 0.3) is 11.8 Å². The first kappa shape index (κ1) is 60.1. The van der Waals surface area contributed by atoms with Gasteiger partial charge in [-0.05, 0) is 141 Å². The molecule has 4 saturated carbocycles. The van der Waals surface area contributed by atoms with Crippen LogP contribution in [0.25, 0.3) is 38.7 Å². The standard InChI is InChI=1S/C66H73N10O10S/c1-43-49(48-22-23-50(70-58(48)59(81)82)46-21-20-45-15-11-29-74(52(45)34-46)61(83)72-60-71-51-17-7-8-18-53(51)87-60)35-68-76(43)42-65-37-63(2)36-64(3,38-65)40-66(39-63,41-65)86-32-30-73(4)62(84)85-31-12-14-44-13-10-16-47(33-44)69-55(78)26-27-67-54(77)19-6-5-9-28-75-56(79)24-25-57(75)80/h7-8,10,12-14,17-18,20-25,33-35H,5-6,9,11,15,19,26-32,36-42H2,1-4H3,(H,67,77)(H,69,78)(H,81,82)(H,71,72,83)/b14-12+. The van der Waals surface area contributed by atoms with Gasteiger partial charge in [0.2, 0.25) is 11.8 Å². The van der Waals surface area contributed by atoms with E-state index < -0.39 is 12.1 Å². The Hall–Kier alpha value is -8.56. The molecule has 2 unspecified atom stereocenters. The number of aromatic nitrogens is 4. The predicted molar refractivity (Wildman–Crippen MR) is 331 cm³/mol. The summed E-state index contributed by atoms with van der Waals surface area (Å²) >= 11 is 1.42. The van der Waals surface area contributed by atoms with Crippen molar-refractivity contribution in [1.29, 1.82) is 0 Å². The van der Waals surface area contributed by atoms with E-state index in [1.54, 1.807) is 42.4 Å². The Kier molecular flexibility index (Phi) is 17.3. The fraction of sp³-hybridized carbons (Fsp3) is 0.424. The zero-order valence-corrected chi connectivity index (χ0v) is 50.4. The average molecular weight is 1200 g/mol. The summed E-state index contributed by atoms with van der Waals surface area (Å²) in [7, 11) is 1.70. The number of ether oxygens (including phenoxy) is 2. The molecule has 87 heavy (non-hydrogen) atoms. The molecule has 0 saturated heterocycles. The number of benzene rings is 3. The van der Waals surface area contributed by atoms with E-state index in [1.165, 1.54) is 33.3 Å². The number of hydrogen-bond acceptors (Lipinski definition) is 13. The molecular formula is C66H73N10O10S. The average Bonchev–Trinajstić information content (AvgIpc) is 1.07. The number of carboxylic acid groups (broad SMARTS) is 1. The van der Waals surface area contributed by atoms with Crippen LogP contribution in [0.3, 0.4) is 0 Å². The lowest BCUT2D eigenvalue weighted by molar-refractivity contribution is -0.248. The molecule has 1 radical (unpaired) electrons. The van der Waals surface area contributed by atoms with Crippen LogP contribution in [0.2, 0.25) is 0 Å². The highest BCUT2D eigenvalue weighted by Gasteiger charge is 2.66. The Morgan fingerprint density at radius 1 is 0.862 bits per heavy atom. The highest BCUT2D eigenvalue weighted by molar-refractivity contribution is 7.22. The van der Waals surface area contributed by atoms with Crippen molar-refractivity contribution in [3.05, 3.63) is 126 Å². The number of carbonyl (C=O) groups is 7. The van der Waals surface area contributed by atoms with E-state index >= 15 is 0 Å². The molecule has 20 nitrogen and oxygen atoms in total. The van der Waals surface area contributed by atoms with E-state index in [1.807, 2.05) is 72.3 Å². The highest BCUT2D eigenvalue weighted by Crippen LogP contribution is 2.72. The number of nitrogens with one attached hydrogen (secondary N) is 3. The maximum atomic E-state index is 13.8. The maximum absolute atomic E-state index is 13.8. The first-order chi connectivity index (χ1) is 41.8. The number of carboxylic acids is 1. The summed E-state index contributed by atoms with van der Waals surface area (Å²) in [5.41, 5.74) is 6.54. The van der Waals surface area contributed by atoms with E-state index in [4.69, 9.17) is 19.6 Å². The minimum Gasteiger partial charge on any atom is -0.476 e. The summed E-state index contributed by atoms with van der Waals surface area (Å²) in [5.74, 6) is -2.24. The third-order valence-electron chi connectivity index (χ3n) is 17.6. The Balaban J connectivity index is 0.654. The normalized spacial score (nSPS) is 21.8. The molecule has 4 N–H and O–H groups in total. The van der Waals surface area contributed by atoms with Gasteiger partial charge in [0, 0.05) is 105 Å². The number of anilines is 3. The molecule has 2 atom stereocenters. The number of rotatable bonds is 23. The van der Waals surface area contributed by atoms with Crippen molar-refractivity contribution in [3.63, 3.8) is 0 Å². The van der Waals surface area contributed by atoms with Gasteiger partial charge >= 0.3 is 18.1 Å².